The highest BCUT2D eigenvalue weighted by atomic mass is 16.6. The van der Waals surface area contributed by atoms with Gasteiger partial charge in [-0.05, 0) is 69.4 Å². The lowest BCUT2D eigenvalue weighted by Gasteiger charge is -2.14. The van der Waals surface area contributed by atoms with Crippen LogP contribution in [0.25, 0.3) is 0 Å². The molecule has 0 atom stereocenters. The molecule has 162 valence electrons. The summed E-state index contributed by atoms with van der Waals surface area (Å²) < 4.78 is 17.4. The third kappa shape index (κ3) is 8.15. The highest BCUT2D eigenvalue weighted by Crippen LogP contribution is 2.28. The molecule has 0 radical (unpaired) electrons. The van der Waals surface area contributed by atoms with Crippen LogP contribution < -0.4 is 14.2 Å². The molecule has 0 N–H and O–H groups in total. The van der Waals surface area contributed by atoms with Crippen LogP contribution >= 0.6 is 0 Å². The molecule has 0 amide bonds. The summed E-state index contributed by atoms with van der Waals surface area (Å²) in [4.78, 5) is 8.89. The minimum absolute atomic E-state index is 0.583. The Labute approximate surface area is 179 Å². The lowest BCUT2D eigenvalue weighted by Crippen LogP contribution is -2.04. The Morgan fingerprint density at radius 2 is 1.70 bits per heavy atom. The first-order valence-electron chi connectivity index (χ1n) is 10.3. The molecule has 0 bridgehead atoms. The number of aryl methyl sites for hydroxylation is 2. The minimum Gasteiger partial charge on any atom is -0.493 e. The number of unbranched alkanes of at least 4 members (excludes halogenated alkanes) is 2. The molecule has 0 fully saturated rings. The van der Waals surface area contributed by atoms with Gasteiger partial charge in [0, 0.05) is 17.8 Å². The van der Waals surface area contributed by atoms with Crippen LogP contribution in [0.5, 0.6) is 17.4 Å². The first kappa shape index (κ1) is 23.3. The molecule has 0 aliphatic carbocycles. The van der Waals surface area contributed by atoms with E-state index in [2.05, 4.69) is 28.8 Å². The predicted octanol–water partition coefficient (Wildman–Crippen LogP) is 5.26. The highest BCUT2D eigenvalue weighted by molar-refractivity contribution is 5.78. The van der Waals surface area contributed by atoms with Gasteiger partial charge in [0.2, 0.25) is 5.88 Å². The Morgan fingerprint density at radius 3 is 2.33 bits per heavy atom. The molecule has 0 aliphatic heterocycles. The van der Waals surface area contributed by atoms with Gasteiger partial charge in [-0.2, -0.15) is 0 Å². The zero-order valence-corrected chi connectivity index (χ0v) is 18.4. The van der Waals surface area contributed by atoms with Gasteiger partial charge in [-0.15, -0.1) is 0 Å². The van der Waals surface area contributed by atoms with Crippen LogP contribution in [-0.4, -0.2) is 38.1 Å². The van der Waals surface area contributed by atoms with Gasteiger partial charge in [0.05, 0.1) is 19.4 Å². The van der Waals surface area contributed by atoms with E-state index in [0.29, 0.717) is 25.7 Å². The van der Waals surface area contributed by atoms with Gasteiger partial charge in [0.1, 0.15) is 25.2 Å². The van der Waals surface area contributed by atoms with E-state index in [9.17, 15) is 0 Å². The van der Waals surface area contributed by atoms with Crippen molar-refractivity contribution in [2.75, 3.05) is 26.9 Å². The van der Waals surface area contributed by atoms with Crippen molar-refractivity contribution < 1.29 is 19.0 Å². The molecule has 0 unspecified atom stereocenters. The molecule has 1 aromatic carbocycles. The third-order valence-electron chi connectivity index (χ3n) is 4.37. The lowest BCUT2D eigenvalue weighted by molar-refractivity contribution is 0.215. The first-order valence-corrected chi connectivity index (χ1v) is 10.3. The van der Waals surface area contributed by atoms with Crippen molar-refractivity contribution in [2.45, 2.75) is 40.0 Å². The summed E-state index contributed by atoms with van der Waals surface area (Å²) in [6.45, 7) is 7.99. The van der Waals surface area contributed by atoms with Crippen LogP contribution in [-0.2, 0) is 4.84 Å². The maximum absolute atomic E-state index is 6.01. The number of pyridine rings is 1. The summed E-state index contributed by atoms with van der Waals surface area (Å²) in [6, 6.07) is 7.77. The second kappa shape index (κ2) is 13.2. The summed E-state index contributed by atoms with van der Waals surface area (Å²) in [6.07, 6.45) is 10.2. The van der Waals surface area contributed by atoms with E-state index in [-0.39, 0.29) is 0 Å². The van der Waals surface area contributed by atoms with Gasteiger partial charge in [-0.3, -0.25) is 0 Å². The molecule has 2 rings (SSSR count). The van der Waals surface area contributed by atoms with Gasteiger partial charge < -0.3 is 19.0 Å². The van der Waals surface area contributed by atoms with Crippen molar-refractivity contribution in [3.63, 3.8) is 0 Å². The van der Waals surface area contributed by atoms with Crippen LogP contribution in [0, 0.1) is 13.8 Å². The number of allylic oxidation sites excluding steroid dienone is 1. The van der Waals surface area contributed by atoms with Gasteiger partial charge in [0.15, 0.2) is 0 Å². The highest BCUT2D eigenvalue weighted by Gasteiger charge is 2.07. The number of oxime groups is 1. The number of nitrogens with zero attached hydrogens (tertiary/aromatic N) is 2. The fourth-order valence-corrected chi connectivity index (χ4v) is 2.86. The summed E-state index contributed by atoms with van der Waals surface area (Å²) in [5.41, 5.74) is 3.06. The monoisotopic (exact) mass is 412 g/mol. The fourth-order valence-electron chi connectivity index (χ4n) is 2.86. The van der Waals surface area contributed by atoms with Crippen molar-refractivity contribution in [1.82, 2.24) is 4.98 Å². The maximum atomic E-state index is 6.01. The van der Waals surface area contributed by atoms with Crippen molar-refractivity contribution >= 4 is 6.21 Å². The van der Waals surface area contributed by atoms with Crippen LogP contribution in [0.3, 0.4) is 0 Å². The quantitative estimate of drug-likeness (QED) is 0.194. The van der Waals surface area contributed by atoms with E-state index in [1.54, 1.807) is 12.4 Å². The zero-order chi connectivity index (χ0) is 21.6. The smallest absolute Gasteiger partial charge is 0.213 e. The molecule has 6 nitrogen and oxygen atoms in total. The normalized spacial score (nSPS) is 11.2. The molecule has 2 aromatic rings. The second-order valence-corrected chi connectivity index (χ2v) is 6.87. The predicted molar refractivity (Wildman–Crippen MR) is 120 cm³/mol. The number of ether oxygens (including phenoxy) is 3. The molecular formula is C24H32N2O4. The van der Waals surface area contributed by atoms with Gasteiger partial charge in [0.25, 0.3) is 0 Å². The first-order chi connectivity index (χ1) is 14.6. The van der Waals surface area contributed by atoms with E-state index >= 15 is 0 Å². The van der Waals surface area contributed by atoms with E-state index in [4.69, 9.17) is 14.2 Å². The molecule has 1 aromatic heterocycles. The van der Waals surface area contributed by atoms with Crippen LogP contribution in [0.4, 0.5) is 0 Å². The molecule has 0 aliphatic rings. The number of hydrogen-bond donors (Lipinski definition) is 0. The summed E-state index contributed by atoms with van der Waals surface area (Å²) in [5.74, 6) is 2.44. The SMILES string of the molecule is C/C=C/COc1cc(C)c(OCCCCCOc2ccc(/C=N/OC)cn2)c(C)c1. The number of aromatic nitrogens is 1. The Balaban J connectivity index is 1.65. The molecule has 30 heavy (non-hydrogen) atoms. The number of rotatable bonds is 13. The fraction of sp³-hybridized carbons (Fsp3) is 0.417. The largest absolute Gasteiger partial charge is 0.493 e. The van der Waals surface area contributed by atoms with Crippen molar-refractivity contribution in [1.29, 1.82) is 0 Å². The standard InChI is InChI=1S/C24H32N2O4/c1-5-6-12-28-22-15-19(2)24(20(3)16-22)30-14-9-7-8-13-29-23-11-10-21(17-25-23)18-26-27-4/h5-6,10-11,15-18H,7-9,12-14H2,1-4H3/b6-5+,26-18+. The Hall–Kier alpha value is -3.02. The van der Waals surface area contributed by atoms with Crippen molar-refractivity contribution in [3.8, 4) is 17.4 Å². The zero-order valence-electron chi connectivity index (χ0n) is 18.4. The Bertz CT molecular complexity index is 793. The average Bonchev–Trinajstić information content (AvgIpc) is 2.74. The summed E-state index contributed by atoms with van der Waals surface area (Å²) in [7, 11) is 1.51. The van der Waals surface area contributed by atoms with Crippen molar-refractivity contribution in [2.24, 2.45) is 5.16 Å². The van der Waals surface area contributed by atoms with E-state index in [0.717, 1.165) is 47.5 Å². The number of hydrogen-bond acceptors (Lipinski definition) is 6. The molecular weight excluding hydrogens is 380 g/mol. The lowest BCUT2D eigenvalue weighted by atomic mass is 10.1. The minimum atomic E-state index is 0.583. The average molecular weight is 413 g/mol. The summed E-state index contributed by atoms with van der Waals surface area (Å²) in [5, 5.41) is 3.70. The molecule has 0 spiro atoms. The topological polar surface area (TPSA) is 62.2 Å². The molecule has 1 heterocycles. The molecule has 0 saturated heterocycles. The Kier molecular flexibility index (Phi) is 10.3. The second-order valence-electron chi connectivity index (χ2n) is 6.87. The molecule has 0 saturated carbocycles. The van der Waals surface area contributed by atoms with E-state index in [1.807, 2.05) is 43.3 Å². The Morgan fingerprint density at radius 1 is 0.967 bits per heavy atom. The van der Waals surface area contributed by atoms with Crippen LogP contribution in [0.1, 0.15) is 42.9 Å². The van der Waals surface area contributed by atoms with E-state index < -0.39 is 0 Å². The molecule has 6 heteroatoms. The van der Waals surface area contributed by atoms with Gasteiger partial charge >= 0.3 is 0 Å². The van der Waals surface area contributed by atoms with Gasteiger partial charge in [-0.1, -0.05) is 17.3 Å². The van der Waals surface area contributed by atoms with E-state index in [1.165, 1.54) is 7.11 Å². The van der Waals surface area contributed by atoms with Crippen molar-refractivity contribution in [3.05, 3.63) is 59.3 Å². The van der Waals surface area contributed by atoms with Crippen LogP contribution in [0.2, 0.25) is 0 Å². The number of benzene rings is 1. The van der Waals surface area contributed by atoms with Gasteiger partial charge in [-0.25, -0.2) is 4.98 Å². The maximum Gasteiger partial charge on any atom is 0.213 e. The third-order valence-corrected chi connectivity index (χ3v) is 4.37. The summed E-state index contributed by atoms with van der Waals surface area (Å²) >= 11 is 0. The van der Waals surface area contributed by atoms with Crippen LogP contribution in [0.15, 0.2) is 47.8 Å².